The van der Waals surface area contributed by atoms with Crippen LogP contribution >= 0.6 is 11.8 Å². The standard InChI is InChI=1S/C22H22FN3O2S/c1-16-5-4-7-18(13-16)25-11-9-24(10-12-25)15-26-21(27)20(29-22(26)28)14-17-6-2-3-8-19(17)23/h2-8,13-14H,9-12,15H2,1H3. The minimum atomic E-state index is -0.411. The molecule has 0 aromatic heterocycles. The predicted molar refractivity (Wildman–Crippen MR) is 114 cm³/mol. The average molecular weight is 412 g/mol. The van der Waals surface area contributed by atoms with Crippen molar-refractivity contribution in [2.75, 3.05) is 37.7 Å². The molecule has 2 amide bonds. The first-order valence-electron chi connectivity index (χ1n) is 9.55. The lowest BCUT2D eigenvalue weighted by atomic mass is 10.2. The van der Waals surface area contributed by atoms with E-state index in [0.29, 0.717) is 5.56 Å². The minimum absolute atomic E-state index is 0.262. The normalized spacial score (nSPS) is 19.4. The van der Waals surface area contributed by atoms with E-state index < -0.39 is 5.82 Å². The van der Waals surface area contributed by atoms with Gasteiger partial charge in [0, 0.05) is 37.4 Å². The molecule has 0 radical (unpaired) electrons. The van der Waals surface area contributed by atoms with Gasteiger partial charge in [-0.2, -0.15) is 0 Å². The molecule has 0 atom stereocenters. The van der Waals surface area contributed by atoms with Crippen LogP contribution in [-0.4, -0.2) is 53.8 Å². The van der Waals surface area contributed by atoms with Gasteiger partial charge in [-0.05, 0) is 48.5 Å². The van der Waals surface area contributed by atoms with E-state index in [-0.39, 0.29) is 22.7 Å². The first-order valence-corrected chi connectivity index (χ1v) is 10.4. The maximum Gasteiger partial charge on any atom is 0.294 e. The lowest BCUT2D eigenvalue weighted by molar-refractivity contribution is -0.124. The fourth-order valence-electron chi connectivity index (χ4n) is 3.53. The predicted octanol–water partition coefficient (Wildman–Crippen LogP) is 3.95. The Bertz CT molecular complexity index is 970. The van der Waals surface area contributed by atoms with Crippen LogP contribution in [0, 0.1) is 12.7 Å². The number of piperazine rings is 1. The number of hydrogen-bond donors (Lipinski definition) is 0. The van der Waals surface area contributed by atoms with Crippen molar-refractivity contribution in [3.05, 3.63) is 70.4 Å². The zero-order valence-electron chi connectivity index (χ0n) is 16.2. The molecule has 0 bridgehead atoms. The Hall–Kier alpha value is -2.64. The van der Waals surface area contributed by atoms with Crippen molar-refractivity contribution in [1.82, 2.24) is 9.80 Å². The van der Waals surface area contributed by atoms with Gasteiger partial charge in [0.05, 0.1) is 11.6 Å². The first kappa shape index (κ1) is 19.7. The van der Waals surface area contributed by atoms with Crippen LogP contribution < -0.4 is 4.90 Å². The fourth-order valence-corrected chi connectivity index (χ4v) is 4.35. The molecule has 0 unspecified atom stereocenters. The van der Waals surface area contributed by atoms with Gasteiger partial charge < -0.3 is 4.90 Å². The molecule has 0 N–H and O–H groups in total. The molecule has 4 rings (SSSR count). The average Bonchev–Trinajstić information content (AvgIpc) is 2.98. The number of anilines is 1. The van der Waals surface area contributed by atoms with Gasteiger partial charge >= 0.3 is 0 Å². The molecule has 2 aromatic rings. The number of carbonyl (C=O) groups excluding carboxylic acids is 2. The molecule has 0 saturated carbocycles. The maximum atomic E-state index is 13.9. The van der Waals surface area contributed by atoms with Gasteiger partial charge in [-0.25, -0.2) is 4.39 Å². The SMILES string of the molecule is Cc1cccc(N2CCN(CN3C(=O)SC(=Cc4ccccc4F)C3=O)CC2)c1. The smallest absolute Gasteiger partial charge is 0.294 e. The molecule has 2 aliphatic heterocycles. The Morgan fingerprint density at radius 2 is 1.79 bits per heavy atom. The monoisotopic (exact) mass is 411 g/mol. The van der Waals surface area contributed by atoms with Crippen LogP contribution in [0.5, 0.6) is 0 Å². The van der Waals surface area contributed by atoms with Gasteiger partial charge in [0.2, 0.25) is 0 Å². The van der Waals surface area contributed by atoms with Crippen LogP contribution in [-0.2, 0) is 4.79 Å². The van der Waals surface area contributed by atoms with Crippen molar-refractivity contribution in [3.63, 3.8) is 0 Å². The summed E-state index contributed by atoms with van der Waals surface area (Å²) in [4.78, 5) is 31.0. The summed E-state index contributed by atoms with van der Waals surface area (Å²) in [7, 11) is 0. The number of amides is 2. The molecule has 2 aromatic carbocycles. The zero-order valence-corrected chi connectivity index (χ0v) is 17.0. The molecule has 0 spiro atoms. The number of imide groups is 1. The fraction of sp³-hybridized carbons (Fsp3) is 0.273. The van der Waals surface area contributed by atoms with Crippen molar-refractivity contribution >= 4 is 34.7 Å². The van der Waals surface area contributed by atoms with Crippen LogP contribution in [0.1, 0.15) is 11.1 Å². The highest BCUT2D eigenvalue weighted by Gasteiger charge is 2.36. The van der Waals surface area contributed by atoms with Crippen LogP contribution in [0.3, 0.4) is 0 Å². The van der Waals surface area contributed by atoms with Crippen LogP contribution in [0.2, 0.25) is 0 Å². The number of rotatable bonds is 4. The number of hydrogen-bond acceptors (Lipinski definition) is 5. The van der Waals surface area contributed by atoms with E-state index in [1.807, 2.05) is 0 Å². The van der Waals surface area contributed by atoms with Crippen molar-refractivity contribution in [3.8, 4) is 0 Å². The van der Waals surface area contributed by atoms with Crippen LogP contribution in [0.15, 0.2) is 53.4 Å². The van der Waals surface area contributed by atoms with Gasteiger partial charge in [-0.15, -0.1) is 0 Å². The van der Waals surface area contributed by atoms with Gasteiger partial charge in [-0.3, -0.25) is 19.4 Å². The summed E-state index contributed by atoms with van der Waals surface area (Å²) >= 11 is 0.868. The first-order chi connectivity index (χ1) is 14.0. The summed E-state index contributed by atoms with van der Waals surface area (Å²) in [5.41, 5.74) is 2.73. The lowest BCUT2D eigenvalue weighted by Gasteiger charge is -2.37. The Kier molecular flexibility index (Phi) is 5.69. The Labute approximate surface area is 173 Å². The second kappa shape index (κ2) is 8.39. The summed E-state index contributed by atoms with van der Waals surface area (Å²) in [6.07, 6.45) is 1.45. The summed E-state index contributed by atoms with van der Waals surface area (Å²) < 4.78 is 13.9. The number of benzene rings is 2. The van der Waals surface area contributed by atoms with Crippen molar-refractivity contribution in [2.45, 2.75) is 6.92 Å². The highest BCUT2D eigenvalue weighted by molar-refractivity contribution is 8.18. The number of aryl methyl sites for hydroxylation is 1. The second-order valence-electron chi connectivity index (χ2n) is 7.22. The third kappa shape index (κ3) is 4.36. The second-order valence-corrected chi connectivity index (χ2v) is 8.21. The van der Waals surface area contributed by atoms with E-state index in [9.17, 15) is 14.0 Å². The molecule has 7 heteroatoms. The van der Waals surface area contributed by atoms with E-state index in [4.69, 9.17) is 0 Å². The van der Waals surface area contributed by atoms with Crippen molar-refractivity contribution < 1.29 is 14.0 Å². The van der Waals surface area contributed by atoms with E-state index in [1.165, 1.54) is 28.3 Å². The summed E-state index contributed by atoms with van der Waals surface area (Å²) in [5.74, 6) is -0.768. The summed E-state index contributed by atoms with van der Waals surface area (Å²) in [6, 6.07) is 14.6. The topological polar surface area (TPSA) is 43.9 Å². The highest BCUT2D eigenvalue weighted by Crippen LogP contribution is 2.33. The summed E-state index contributed by atoms with van der Waals surface area (Å²) in [6.45, 7) is 5.55. The molecule has 2 fully saturated rings. The van der Waals surface area contributed by atoms with Crippen molar-refractivity contribution in [1.29, 1.82) is 0 Å². The van der Waals surface area contributed by atoms with E-state index in [0.717, 1.165) is 37.9 Å². The van der Waals surface area contributed by atoms with E-state index in [2.05, 4.69) is 41.0 Å². The van der Waals surface area contributed by atoms with Gasteiger partial charge in [0.25, 0.3) is 11.1 Å². The van der Waals surface area contributed by atoms with Gasteiger partial charge in [0.15, 0.2) is 0 Å². The molecule has 2 aliphatic rings. The van der Waals surface area contributed by atoms with E-state index >= 15 is 0 Å². The largest absolute Gasteiger partial charge is 0.369 e. The van der Waals surface area contributed by atoms with Gasteiger partial charge in [-0.1, -0.05) is 30.3 Å². The van der Waals surface area contributed by atoms with E-state index in [1.54, 1.807) is 18.2 Å². The number of nitrogens with zero attached hydrogens (tertiary/aromatic N) is 3. The quantitative estimate of drug-likeness (QED) is 0.713. The summed E-state index contributed by atoms with van der Waals surface area (Å²) in [5, 5.41) is -0.307. The number of thioether (sulfide) groups is 1. The molecular formula is C22H22FN3O2S. The molecular weight excluding hydrogens is 389 g/mol. The third-order valence-electron chi connectivity index (χ3n) is 5.15. The third-order valence-corrected chi connectivity index (χ3v) is 6.05. The molecule has 2 saturated heterocycles. The molecule has 0 aliphatic carbocycles. The van der Waals surface area contributed by atoms with Crippen LogP contribution in [0.4, 0.5) is 14.9 Å². The molecule has 5 nitrogen and oxygen atoms in total. The Balaban J connectivity index is 1.38. The number of carbonyl (C=O) groups is 2. The highest BCUT2D eigenvalue weighted by atomic mass is 32.2. The minimum Gasteiger partial charge on any atom is -0.369 e. The zero-order chi connectivity index (χ0) is 20.4. The van der Waals surface area contributed by atoms with Crippen molar-refractivity contribution in [2.24, 2.45) is 0 Å². The lowest BCUT2D eigenvalue weighted by Crippen LogP contribution is -2.50. The molecule has 150 valence electrons. The van der Waals surface area contributed by atoms with Gasteiger partial charge in [0.1, 0.15) is 5.82 Å². The van der Waals surface area contributed by atoms with Crippen LogP contribution in [0.25, 0.3) is 6.08 Å². The molecule has 29 heavy (non-hydrogen) atoms. The maximum absolute atomic E-state index is 13.9. The molecule has 2 heterocycles. The Morgan fingerprint density at radius 3 is 2.52 bits per heavy atom. The Morgan fingerprint density at radius 1 is 1.03 bits per heavy atom. The number of halogens is 1.